The Balaban J connectivity index is 2.28. The minimum atomic E-state index is -0.269. The molecule has 1 aliphatic heterocycles. The molecule has 6 nitrogen and oxygen atoms in total. The van der Waals surface area contributed by atoms with Gasteiger partial charge in [-0.15, -0.1) is 0 Å². The Kier molecular flexibility index (Phi) is 6.07. The van der Waals surface area contributed by atoms with Crippen molar-refractivity contribution in [2.24, 2.45) is 5.84 Å². The third-order valence-corrected chi connectivity index (χ3v) is 3.54. The van der Waals surface area contributed by atoms with Crippen LogP contribution in [0.4, 0.5) is 0 Å². The standard InChI is InChI=1S/C12H24N4O2/c1-9-4-3-5-10(2)16(9)8-12(18)14-7-6-11(17)15-13/h9-10H,3-8,13H2,1-2H3,(H,14,18)(H,15,17)/t9-,10+/i1+1,2+1,7+1,12+1,14+1. The molecule has 0 bridgehead atoms. The molecule has 0 spiro atoms. The van der Waals surface area contributed by atoms with E-state index in [9.17, 15) is 9.59 Å². The molecule has 4 N–H and O–H groups in total. The third-order valence-electron chi connectivity index (χ3n) is 3.54. The van der Waals surface area contributed by atoms with Crippen molar-refractivity contribution >= 4 is 11.8 Å². The summed E-state index contributed by atoms with van der Waals surface area (Å²) in [6.45, 7) is 5.06. The van der Waals surface area contributed by atoms with Gasteiger partial charge in [0.25, 0.3) is 0 Å². The zero-order valence-electron chi connectivity index (χ0n) is 11.2. The summed E-state index contributed by atoms with van der Waals surface area (Å²) in [7, 11) is 0. The zero-order valence-corrected chi connectivity index (χ0v) is 11.2. The average Bonchev–Trinajstić information content (AvgIpc) is 2.34. The number of hydrogen-bond donors (Lipinski definition) is 3. The number of nitrogens with zero attached hydrogens (tertiary/aromatic N) is 1. The van der Waals surface area contributed by atoms with Gasteiger partial charge < -0.3 is 5.32 Å². The number of nitrogens with one attached hydrogen (secondary N) is 2. The lowest BCUT2D eigenvalue weighted by Crippen LogP contribution is -2.49. The van der Waals surface area contributed by atoms with Crippen LogP contribution in [0.1, 0.15) is 39.5 Å². The molecule has 2 atom stereocenters. The van der Waals surface area contributed by atoms with Crippen molar-refractivity contribution in [3.05, 3.63) is 0 Å². The lowest BCUT2D eigenvalue weighted by molar-refractivity contribution is -0.124. The van der Waals surface area contributed by atoms with Gasteiger partial charge in [-0.2, -0.15) is 0 Å². The van der Waals surface area contributed by atoms with Crippen LogP contribution in [0.25, 0.3) is 0 Å². The van der Waals surface area contributed by atoms with E-state index in [-0.39, 0.29) is 18.2 Å². The summed E-state index contributed by atoms with van der Waals surface area (Å²) in [6.07, 6.45) is 3.74. The van der Waals surface area contributed by atoms with Gasteiger partial charge in [-0.25, -0.2) is 5.84 Å². The Hall–Kier alpha value is -1.14. The largest absolute Gasteiger partial charge is 0.354 e. The van der Waals surface area contributed by atoms with Crippen LogP contribution < -0.4 is 16.6 Å². The molecule has 2 amide bonds. The fourth-order valence-electron chi connectivity index (χ4n) is 2.40. The molecular formula is C12H24N4O2. The minimum Gasteiger partial charge on any atom is -0.354 e. The highest BCUT2D eigenvalue weighted by Crippen LogP contribution is 2.21. The summed E-state index contributed by atoms with van der Waals surface area (Å²) in [5.74, 6) is 4.66. The Labute approximate surface area is 108 Å². The molecular weight excluding hydrogens is 237 g/mol. The van der Waals surface area contributed by atoms with Crippen molar-refractivity contribution < 1.29 is 9.59 Å². The molecule has 0 aromatic carbocycles. The van der Waals surface area contributed by atoms with E-state index in [4.69, 9.17) is 5.84 Å². The first-order valence-electron chi connectivity index (χ1n) is 6.56. The van der Waals surface area contributed by atoms with Gasteiger partial charge in [0.15, 0.2) is 0 Å². The highest BCUT2D eigenvalue weighted by Gasteiger charge is 2.26. The number of hydrazine groups is 1. The number of carbonyl (C=O) groups excluding carboxylic acids is 2. The fraction of sp³-hybridized carbons (Fsp3) is 0.833. The summed E-state index contributed by atoms with van der Waals surface area (Å²) >= 11 is 0. The summed E-state index contributed by atoms with van der Waals surface area (Å²) in [6, 6.07) is 0.902. The number of nitrogens with two attached hydrogens (primary N) is 1. The zero-order chi connectivity index (χ0) is 13.5. The first kappa shape index (κ1) is 14.9. The topological polar surface area (TPSA) is 87.5 Å². The molecule has 18 heavy (non-hydrogen) atoms. The number of amides is 2. The second-order valence-corrected chi connectivity index (χ2v) is 4.97. The monoisotopic (exact) mass is 261 g/mol. The van der Waals surface area contributed by atoms with Gasteiger partial charge in [0.2, 0.25) is 11.8 Å². The maximum atomic E-state index is 11.8. The quantitative estimate of drug-likeness (QED) is 0.209. The van der Waals surface area contributed by atoms with Crippen LogP contribution >= 0.6 is 0 Å². The molecule has 1 rings (SSSR count). The minimum absolute atomic E-state index is 0.0274. The molecule has 0 saturated carbocycles. The van der Waals surface area contributed by atoms with Crippen LogP contribution in [0.2, 0.25) is 0 Å². The SMILES string of the molecule is [13CH3][C@@H]1CCC[C@H]([13CH3])N1C[13C](=O)[15NH][13CH2]CC(=O)NN. The highest BCUT2D eigenvalue weighted by atomic mass is 16.3. The predicted octanol–water partition coefficient (Wildman–Crippen LogP) is -0.254. The van der Waals surface area contributed by atoms with Crippen LogP contribution in [0, 0.1) is 0 Å². The van der Waals surface area contributed by atoms with E-state index in [1.165, 1.54) is 6.42 Å². The molecule has 0 unspecified atom stereocenters. The maximum Gasteiger partial charge on any atom is 0.235 e. The summed E-state index contributed by atoms with van der Waals surface area (Å²) in [5.41, 5.74) is 2.03. The van der Waals surface area contributed by atoms with E-state index in [1.54, 1.807) is 0 Å². The van der Waals surface area contributed by atoms with E-state index in [1.807, 2.05) is 5.43 Å². The van der Waals surface area contributed by atoms with Gasteiger partial charge in [-0.3, -0.25) is 19.9 Å². The van der Waals surface area contributed by atoms with Gasteiger partial charge in [-0.1, -0.05) is 6.42 Å². The molecule has 6 heteroatoms. The van der Waals surface area contributed by atoms with E-state index in [0.29, 0.717) is 25.2 Å². The van der Waals surface area contributed by atoms with Gasteiger partial charge in [-0.05, 0) is 26.7 Å². The Bertz CT molecular complexity index is 286. The number of rotatable bonds is 5. The van der Waals surface area contributed by atoms with E-state index in [0.717, 1.165) is 12.8 Å². The van der Waals surface area contributed by atoms with E-state index in [2.05, 4.69) is 24.1 Å². The molecule has 0 aliphatic carbocycles. The molecule has 104 valence electrons. The van der Waals surface area contributed by atoms with Gasteiger partial charge >= 0.3 is 0 Å². The molecule has 1 fully saturated rings. The Morgan fingerprint density at radius 1 is 1.22 bits per heavy atom. The van der Waals surface area contributed by atoms with Crippen molar-refractivity contribution in [2.45, 2.75) is 51.6 Å². The number of piperidine rings is 1. The Morgan fingerprint density at radius 3 is 2.39 bits per heavy atom. The van der Waals surface area contributed by atoms with E-state index >= 15 is 0 Å². The lowest BCUT2D eigenvalue weighted by atomic mass is 10.0. The molecule has 0 aromatic rings. The van der Waals surface area contributed by atoms with E-state index < -0.39 is 0 Å². The number of hydrogen-bond acceptors (Lipinski definition) is 4. The first-order chi connectivity index (χ1) is 8.54. The fourth-order valence-corrected chi connectivity index (χ4v) is 2.40. The summed E-state index contributed by atoms with van der Waals surface area (Å²) in [4.78, 5) is 24.9. The van der Waals surface area contributed by atoms with Crippen LogP contribution in [0.3, 0.4) is 0 Å². The maximum absolute atomic E-state index is 11.8. The molecule has 1 heterocycles. The smallest absolute Gasteiger partial charge is 0.235 e. The summed E-state index contributed by atoms with van der Waals surface area (Å²) < 4.78 is 0. The van der Waals surface area contributed by atoms with Crippen molar-refractivity contribution in [1.29, 1.82) is 0 Å². The van der Waals surface area contributed by atoms with Crippen molar-refractivity contribution in [1.82, 2.24) is 15.6 Å². The van der Waals surface area contributed by atoms with Gasteiger partial charge in [0.05, 0.1) is 6.54 Å². The number of carbonyl (C=O) groups is 2. The second kappa shape index (κ2) is 7.33. The lowest BCUT2D eigenvalue weighted by Gasteiger charge is -2.38. The predicted molar refractivity (Wildman–Crippen MR) is 69.4 cm³/mol. The van der Waals surface area contributed by atoms with Crippen molar-refractivity contribution in [3.8, 4) is 0 Å². The molecule has 1 saturated heterocycles. The van der Waals surface area contributed by atoms with Crippen molar-refractivity contribution in [3.63, 3.8) is 0 Å². The van der Waals surface area contributed by atoms with Crippen LogP contribution in [0.5, 0.6) is 0 Å². The molecule has 0 aromatic heterocycles. The van der Waals surface area contributed by atoms with Crippen molar-refractivity contribution in [2.75, 3.05) is 13.1 Å². The Morgan fingerprint density at radius 2 is 1.83 bits per heavy atom. The first-order valence-corrected chi connectivity index (χ1v) is 6.56. The number of likely N-dealkylation sites (tertiary alicyclic amines) is 1. The van der Waals surface area contributed by atoms with Gasteiger partial charge in [0.1, 0.15) is 0 Å². The van der Waals surface area contributed by atoms with Crippen LogP contribution in [-0.4, -0.2) is 41.9 Å². The molecule has 0 radical (unpaired) electrons. The summed E-state index contributed by atoms with van der Waals surface area (Å²) in [5, 5.41) is 2.74. The molecule has 1 aliphatic rings. The van der Waals surface area contributed by atoms with Gasteiger partial charge in [0, 0.05) is 25.0 Å². The van der Waals surface area contributed by atoms with Crippen LogP contribution in [0.15, 0.2) is 0 Å². The highest BCUT2D eigenvalue weighted by molar-refractivity contribution is 5.79. The van der Waals surface area contributed by atoms with Crippen LogP contribution in [-0.2, 0) is 9.59 Å². The second-order valence-electron chi connectivity index (χ2n) is 4.97. The third kappa shape index (κ3) is 4.62. The normalized spacial score (nSPS) is 24.6. The average molecular weight is 261 g/mol.